The Bertz CT molecular complexity index is 225. The minimum atomic E-state index is -0.770. The number of methoxy groups -OCH3 is 1. The number of nitrogens with two attached hydrogens (primary N) is 1. The van der Waals surface area contributed by atoms with Crippen molar-refractivity contribution in [2.24, 2.45) is 5.73 Å². The largest absolute Gasteiger partial charge is 0.465 e. The number of esters is 2. The highest BCUT2D eigenvalue weighted by Crippen LogP contribution is 1.98. The highest BCUT2D eigenvalue weighted by molar-refractivity contribution is 6.13. The highest BCUT2D eigenvalue weighted by atomic mass is 16.5. The lowest BCUT2D eigenvalue weighted by Gasteiger charge is -2.04. The lowest BCUT2D eigenvalue weighted by Crippen LogP contribution is -2.16. The van der Waals surface area contributed by atoms with Crippen LogP contribution in [0.2, 0.25) is 0 Å². The van der Waals surface area contributed by atoms with Gasteiger partial charge < -0.3 is 15.2 Å². The Morgan fingerprint density at radius 2 is 1.93 bits per heavy atom. The van der Waals surface area contributed by atoms with Gasteiger partial charge in [0.15, 0.2) is 0 Å². The molecule has 0 aliphatic carbocycles. The van der Waals surface area contributed by atoms with E-state index in [0.29, 0.717) is 13.0 Å². The Morgan fingerprint density at radius 1 is 1.29 bits per heavy atom. The highest BCUT2D eigenvalue weighted by Gasteiger charge is 2.16. The molecule has 0 aromatic rings. The van der Waals surface area contributed by atoms with E-state index in [2.05, 4.69) is 11.3 Å². The topological polar surface area (TPSA) is 78.6 Å². The van der Waals surface area contributed by atoms with E-state index in [4.69, 9.17) is 10.5 Å². The lowest BCUT2D eigenvalue weighted by molar-refractivity contribution is -0.145. The maximum Gasteiger partial charge on any atom is 0.344 e. The number of hydrogen-bond acceptors (Lipinski definition) is 5. The molecule has 0 rings (SSSR count). The van der Waals surface area contributed by atoms with E-state index in [9.17, 15) is 9.59 Å². The average molecular weight is 201 g/mol. The predicted molar refractivity (Wildman–Crippen MR) is 50.4 cm³/mol. The number of ether oxygens (including phenoxy) is 2. The van der Waals surface area contributed by atoms with Gasteiger partial charge in [-0.1, -0.05) is 6.58 Å². The van der Waals surface area contributed by atoms with Crippen LogP contribution in [-0.2, 0) is 19.1 Å². The van der Waals surface area contributed by atoms with Crippen molar-refractivity contribution in [1.29, 1.82) is 0 Å². The Hall–Kier alpha value is -1.36. The molecule has 0 atom stereocenters. The SMILES string of the molecule is C=C(C(=O)OC)C(=O)OCCCCN. The predicted octanol–water partition coefficient (Wildman–Crippen LogP) is -0.00230. The molecule has 0 aliphatic rings. The molecule has 14 heavy (non-hydrogen) atoms. The zero-order valence-corrected chi connectivity index (χ0v) is 8.25. The van der Waals surface area contributed by atoms with Crippen LogP contribution < -0.4 is 5.73 Å². The van der Waals surface area contributed by atoms with E-state index in [1.54, 1.807) is 0 Å². The van der Waals surface area contributed by atoms with E-state index in [0.717, 1.165) is 6.42 Å². The van der Waals surface area contributed by atoms with Gasteiger partial charge in [0.05, 0.1) is 13.7 Å². The average Bonchev–Trinajstić information content (AvgIpc) is 2.21. The molecule has 2 N–H and O–H groups in total. The fourth-order valence-electron chi connectivity index (χ4n) is 0.705. The van der Waals surface area contributed by atoms with Gasteiger partial charge in [0.2, 0.25) is 0 Å². The standard InChI is InChI=1S/C9H15NO4/c1-7(8(11)13-2)9(12)14-6-4-3-5-10/h1,3-6,10H2,2H3. The van der Waals surface area contributed by atoms with Gasteiger partial charge in [0, 0.05) is 0 Å². The zero-order chi connectivity index (χ0) is 11.0. The van der Waals surface area contributed by atoms with E-state index in [1.807, 2.05) is 0 Å². The van der Waals surface area contributed by atoms with Crippen LogP contribution in [0, 0.1) is 0 Å². The van der Waals surface area contributed by atoms with E-state index < -0.39 is 11.9 Å². The number of rotatable bonds is 6. The van der Waals surface area contributed by atoms with Gasteiger partial charge in [-0.3, -0.25) is 0 Å². The number of hydrogen-bond donors (Lipinski definition) is 1. The van der Waals surface area contributed by atoms with Crippen molar-refractivity contribution in [3.63, 3.8) is 0 Å². The number of carbonyl (C=O) groups excluding carboxylic acids is 2. The molecule has 0 radical (unpaired) electrons. The first-order valence-electron chi connectivity index (χ1n) is 4.28. The van der Waals surface area contributed by atoms with Crippen molar-refractivity contribution in [3.05, 3.63) is 12.2 Å². The van der Waals surface area contributed by atoms with Crippen LogP contribution in [0.1, 0.15) is 12.8 Å². The number of unbranched alkanes of at least 4 members (excludes halogenated alkanes) is 1. The molecular formula is C9H15NO4. The summed E-state index contributed by atoms with van der Waals surface area (Å²) >= 11 is 0. The Morgan fingerprint density at radius 3 is 2.43 bits per heavy atom. The molecular weight excluding hydrogens is 186 g/mol. The van der Waals surface area contributed by atoms with E-state index >= 15 is 0 Å². The molecule has 5 heteroatoms. The molecule has 0 fully saturated rings. The summed E-state index contributed by atoms with van der Waals surface area (Å²) in [5.41, 5.74) is 4.95. The molecule has 0 saturated carbocycles. The third-order valence-corrected chi connectivity index (χ3v) is 1.51. The summed E-state index contributed by atoms with van der Waals surface area (Å²) in [6.07, 6.45) is 1.45. The fourth-order valence-corrected chi connectivity index (χ4v) is 0.705. The maximum atomic E-state index is 11.1. The zero-order valence-electron chi connectivity index (χ0n) is 8.25. The molecule has 0 aromatic carbocycles. The van der Waals surface area contributed by atoms with Crippen molar-refractivity contribution < 1.29 is 19.1 Å². The smallest absolute Gasteiger partial charge is 0.344 e. The summed E-state index contributed by atoms with van der Waals surface area (Å²) in [5, 5.41) is 0. The van der Waals surface area contributed by atoms with Crippen molar-refractivity contribution in [2.75, 3.05) is 20.3 Å². The fraction of sp³-hybridized carbons (Fsp3) is 0.556. The molecule has 0 amide bonds. The minimum absolute atomic E-state index is 0.242. The third kappa shape index (κ3) is 4.61. The molecule has 0 spiro atoms. The van der Waals surface area contributed by atoms with Crippen LogP contribution in [-0.4, -0.2) is 32.2 Å². The Balaban J connectivity index is 3.74. The van der Waals surface area contributed by atoms with Crippen LogP contribution >= 0.6 is 0 Å². The maximum absolute atomic E-state index is 11.1. The van der Waals surface area contributed by atoms with E-state index in [-0.39, 0.29) is 12.2 Å². The monoisotopic (exact) mass is 201 g/mol. The van der Waals surface area contributed by atoms with Gasteiger partial charge in [-0.25, -0.2) is 9.59 Å². The summed E-state index contributed by atoms with van der Waals surface area (Å²) < 4.78 is 9.04. The van der Waals surface area contributed by atoms with Crippen molar-refractivity contribution in [1.82, 2.24) is 0 Å². The molecule has 5 nitrogen and oxygen atoms in total. The van der Waals surface area contributed by atoms with Crippen LogP contribution in [0.3, 0.4) is 0 Å². The second-order valence-corrected chi connectivity index (χ2v) is 2.60. The molecule has 0 saturated heterocycles. The van der Waals surface area contributed by atoms with E-state index in [1.165, 1.54) is 7.11 Å². The van der Waals surface area contributed by atoms with Crippen molar-refractivity contribution in [3.8, 4) is 0 Å². The Kier molecular flexibility index (Phi) is 6.39. The Labute approximate surface area is 82.9 Å². The second kappa shape index (κ2) is 7.08. The quantitative estimate of drug-likeness (QED) is 0.215. The third-order valence-electron chi connectivity index (χ3n) is 1.51. The van der Waals surface area contributed by atoms with Crippen LogP contribution in [0.25, 0.3) is 0 Å². The van der Waals surface area contributed by atoms with Crippen LogP contribution in [0.5, 0.6) is 0 Å². The molecule has 0 heterocycles. The van der Waals surface area contributed by atoms with Gasteiger partial charge in [-0.15, -0.1) is 0 Å². The van der Waals surface area contributed by atoms with Crippen molar-refractivity contribution in [2.45, 2.75) is 12.8 Å². The first-order chi connectivity index (χ1) is 6.63. The molecule has 80 valence electrons. The van der Waals surface area contributed by atoms with Crippen LogP contribution in [0.4, 0.5) is 0 Å². The van der Waals surface area contributed by atoms with Crippen molar-refractivity contribution >= 4 is 11.9 Å². The molecule has 0 aliphatic heterocycles. The van der Waals surface area contributed by atoms with Gasteiger partial charge in [0.25, 0.3) is 0 Å². The lowest BCUT2D eigenvalue weighted by atomic mass is 10.3. The minimum Gasteiger partial charge on any atom is -0.465 e. The summed E-state index contributed by atoms with van der Waals surface area (Å²) in [6.45, 7) is 4.04. The molecule has 0 bridgehead atoms. The van der Waals surface area contributed by atoms with Gasteiger partial charge in [-0.05, 0) is 19.4 Å². The first kappa shape index (κ1) is 12.6. The summed E-state index contributed by atoms with van der Waals surface area (Å²) in [5.74, 6) is -1.51. The molecule has 0 aromatic heterocycles. The molecule has 0 unspecified atom stereocenters. The van der Waals surface area contributed by atoms with Gasteiger partial charge in [0.1, 0.15) is 5.57 Å². The summed E-state index contributed by atoms with van der Waals surface area (Å²) in [7, 11) is 1.18. The van der Waals surface area contributed by atoms with Gasteiger partial charge >= 0.3 is 11.9 Å². The summed E-state index contributed by atoms with van der Waals surface area (Å²) in [6, 6.07) is 0. The summed E-state index contributed by atoms with van der Waals surface area (Å²) in [4.78, 5) is 21.9. The normalized spacial score (nSPS) is 9.29. The second-order valence-electron chi connectivity index (χ2n) is 2.60. The number of carbonyl (C=O) groups is 2. The van der Waals surface area contributed by atoms with Gasteiger partial charge in [-0.2, -0.15) is 0 Å². The first-order valence-corrected chi connectivity index (χ1v) is 4.28. The van der Waals surface area contributed by atoms with Crippen LogP contribution in [0.15, 0.2) is 12.2 Å².